The number of hydrogen-bond donors (Lipinski definition) is 0. The first-order valence-corrected chi connectivity index (χ1v) is 8.08. The molecule has 2 heteroatoms. The van der Waals surface area contributed by atoms with Gasteiger partial charge in [0.15, 0.2) is 0 Å². The fourth-order valence-corrected chi connectivity index (χ4v) is 3.34. The summed E-state index contributed by atoms with van der Waals surface area (Å²) in [5.41, 5.74) is 4.47. The molecule has 114 valence electrons. The van der Waals surface area contributed by atoms with Gasteiger partial charge in [0.25, 0.3) is 5.91 Å². The van der Waals surface area contributed by atoms with Gasteiger partial charge >= 0.3 is 0 Å². The predicted molar refractivity (Wildman–Crippen MR) is 90.1 cm³/mol. The molecule has 2 nitrogen and oxygen atoms in total. The second-order valence-electron chi connectivity index (χ2n) is 6.23. The second-order valence-corrected chi connectivity index (χ2v) is 6.23. The first kappa shape index (κ1) is 14.8. The molecule has 0 radical (unpaired) electrons. The van der Waals surface area contributed by atoms with Crippen molar-refractivity contribution >= 4 is 5.91 Å². The predicted octanol–water partition coefficient (Wildman–Crippen LogP) is 4.15. The Morgan fingerprint density at radius 3 is 2.64 bits per heavy atom. The van der Waals surface area contributed by atoms with Gasteiger partial charge in [0.1, 0.15) is 0 Å². The largest absolute Gasteiger partial charge is 0.335 e. The Bertz CT molecular complexity index is 663. The highest BCUT2D eigenvalue weighted by Gasteiger charge is 2.30. The van der Waals surface area contributed by atoms with Crippen molar-refractivity contribution in [3.8, 4) is 0 Å². The monoisotopic (exact) mass is 293 g/mol. The first-order valence-electron chi connectivity index (χ1n) is 8.08. The van der Waals surface area contributed by atoms with Crippen LogP contribution in [0.25, 0.3) is 0 Å². The van der Waals surface area contributed by atoms with Crippen LogP contribution in [0.3, 0.4) is 0 Å². The van der Waals surface area contributed by atoms with Crippen LogP contribution in [0.5, 0.6) is 0 Å². The summed E-state index contributed by atoms with van der Waals surface area (Å²) in [6, 6.07) is 16.8. The van der Waals surface area contributed by atoms with Crippen molar-refractivity contribution in [1.29, 1.82) is 0 Å². The SMILES string of the molecule is Cc1cccc(C(=O)N2CCCC2Cc2ccccc2)c1C. The molecule has 0 saturated carbocycles. The van der Waals surface area contributed by atoms with Crippen LogP contribution in [0.15, 0.2) is 48.5 Å². The lowest BCUT2D eigenvalue weighted by molar-refractivity contribution is 0.0735. The fraction of sp³-hybridized carbons (Fsp3) is 0.350. The third-order valence-corrected chi connectivity index (χ3v) is 4.79. The van der Waals surface area contributed by atoms with Crippen LogP contribution in [-0.4, -0.2) is 23.4 Å². The zero-order valence-corrected chi connectivity index (χ0v) is 13.4. The molecule has 1 heterocycles. The van der Waals surface area contributed by atoms with E-state index in [1.807, 2.05) is 25.1 Å². The number of carbonyl (C=O) groups is 1. The van der Waals surface area contributed by atoms with Gasteiger partial charge in [0.05, 0.1) is 0 Å². The minimum Gasteiger partial charge on any atom is -0.335 e. The third-order valence-electron chi connectivity index (χ3n) is 4.79. The number of aryl methyl sites for hydroxylation is 1. The van der Waals surface area contributed by atoms with Crippen LogP contribution in [0.2, 0.25) is 0 Å². The summed E-state index contributed by atoms with van der Waals surface area (Å²) in [5.74, 6) is 0.194. The van der Waals surface area contributed by atoms with Gasteiger partial charge in [-0.2, -0.15) is 0 Å². The summed E-state index contributed by atoms with van der Waals surface area (Å²) in [4.78, 5) is 15.0. The van der Waals surface area contributed by atoms with Crippen LogP contribution >= 0.6 is 0 Å². The average molecular weight is 293 g/mol. The maximum atomic E-state index is 12.9. The number of carbonyl (C=O) groups excluding carboxylic acids is 1. The highest BCUT2D eigenvalue weighted by molar-refractivity contribution is 5.96. The first-order chi connectivity index (χ1) is 10.7. The third kappa shape index (κ3) is 2.92. The van der Waals surface area contributed by atoms with Crippen molar-refractivity contribution in [3.63, 3.8) is 0 Å². The summed E-state index contributed by atoms with van der Waals surface area (Å²) in [7, 11) is 0. The van der Waals surface area contributed by atoms with Crippen molar-refractivity contribution in [2.45, 2.75) is 39.2 Å². The summed E-state index contributed by atoms with van der Waals surface area (Å²) < 4.78 is 0. The molecule has 1 saturated heterocycles. The molecule has 0 spiro atoms. The quantitative estimate of drug-likeness (QED) is 0.832. The van der Waals surface area contributed by atoms with Crippen molar-refractivity contribution in [1.82, 2.24) is 4.90 Å². The van der Waals surface area contributed by atoms with E-state index >= 15 is 0 Å². The lowest BCUT2D eigenvalue weighted by Crippen LogP contribution is -2.37. The number of likely N-dealkylation sites (tertiary alicyclic amines) is 1. The van der Waals surface area contributed by atoms with Gasteiger partial charge in [-0.15, -0.1) is 0 Å². The van der Waals surface area contributed by atoms with Crippen molar-refractivity contribution < 1.29 is 4.79 Å². The van der Waals surface area contributed by atoms with Gasteiger partial charge in [0.2, 0.25) is 0 Å². The normalized spacial score (nSPS) is 17.7. The van der Waals surface area contributed by atoms with E-state index in [1.165, 1.54) is 11.1 Å². The van der Waals surface area contributed by atoms with Crippen LogP contribution in [0.4, 0.5) is 0 Å². The Morgan fingerprint density at radius 1 is 1.09 bits per heavy atom. The molecule has 1 aliphatic rings. The minimum absolute atomic E-state index is 0.194. The molecule has 0 aromatic heterocycles. The van der Waals surface area contributed by atoms with E-state index in [2.05, 4.69) is 42.2 Å². The molecule has 1 atom stereocenters. The van der Waals surface area contributed by atoms with Crippen LogP contribution < -0.4 is 0 Å². The minimum atomic E-state index is 0.194. The van der Waals surface area contributed by atoms with E-state index in [-0.39, 0.29) is 5.91 Å². The molecule has 0 aliphatic carbocycles. The standard InChI is InChI=1S/C20H23NO/c1-15-8-6-12-19(16(15)2)20(22)21-13-7-11-18(21)14-17-9-4-3-5-10-17/h3-6,8-10,12,18H,7,11,13-14H2,1-2H3. The van der Waals surface area contributed by atoms with E-state index in [4.69, 9.17) is 0 Å². The van der Waals surface area contributed by atoms with Crippen LogP contribution in [0, 0.1) is 13.8 Å². The molecule has 1 aliphatic heterocycles. The topological polar surface area (TPSA) is 20.3 Å². The molecule has 1 fully saturated rings. The summed E-state index contributed by atoms with van der Waals surface area (Å²) in [6.07, 6.45) is 3.16. The highest BCUT2D eigenvalue weighted by Crippen LogP contribution is 2.25. The van der Waals surface area contributed by atoms with E-state index in [9.17, 15) is 4.79 Å². The van der Waals surface area contributed by atoms with E-state index < -0.39 is 0 Å². The maximum absolute atomic E-state index is 12.9. The van der Waals surface area contributed by atoms with E-state index in [0.717, 1.165) is 36.9 Å². The van der Waals surface area contributed by atoms with Crippen molar-refractivity contribution in [2.24, 2.45) is 0 Å². The van der Waals surface area contributed by atoms with Gasteiger partial charge in [0, 0.05) is 18.2 Å². The highest BCUT2D eigenvalue weighted by atomic mass is 16.2. The Kier molecular flexibility index (Phi) is 4.28. The Hall–Kier alpha value is -2.09. The fourth-order valence-electron chi connectivity index (χ4n) is 3.34. The Balaban J connectivity index is 1.81. The van der Waals surface area contributed by atoms with Gasteiger partial charge in [-0.05, 0) is 55.9 Å². The molecule has 2 aromatic rings. The van der Waals surface area contributed by atoms with Gasteiger partial charge in [-0.25, -0.2) is 0 Å². The zero-order valence-electron chi connectivity index (χ0n) is 13.4. The van der Waals surface area contributed by atoms with E-state index in [0.29, 0.717) is 6.04 Å². The molecular weight excluding hydrogens is 270 g/mol. The summed E-state index contributed by atoms with van der Waals surface area (Å²) >= 11 is 0. The molecule has 1 amide bonds. The summed E-state index contributed by atoms with van der Waals surface area (Å²) in [6.45, 7) is 4.99. The lowest BCUT2D eigenvalue weighted by Gasteiger charge is -2.26. The smallest absolute Gasteiger partial charge is 0.254 e. The number of amides is 1. The molecule has 0 N–H and O–H groups in total. The zero-order chi connectivity index (χ0) is 15.5. The van der Waals surface area contributed by atoms with Crippen molar-refractivity contribution in [3.05, 3.63) is 70.8 Å². The van der Waals surface area contributed by atoms with Gasteiger partial charge in [-0.3, -0.25) is 4.79 Å². The van der Waals surface area contributed by atoms with Crippen molar-refractivity contribution in [2.75, 3.05) is 6.54 Å². The summed E-state index contributed by atoms with van der Waals surface area (Å²) in [5, 5.41) is 0. The molecule has 3 rings (SSSR count). The Morgan fingerprint density at radius 2 is 1.86 bits per heavy atom. The molecule has 1 unspecified atom stereocenters. The Labute approximate surface area is 132 Å². The van der Waals surface area contributed by atoms with Crippen LogP contribution in [0.1, 0.15) is 39.9 Å². The van der Waals surface area contributed by atoms with Crippen LogP contribution in [-0.2, 0) is 6.42 Å². The second kappa shape index (κ2) is 6.35. The molecule has 0 bridgehead atoms. The molecule has 22 heavy (non-hydrogen) atoms. The van der Waals surface area contributed by atoms with E-state index in [1.54, 1.807) is 0 Å². The lowest BCUT2D eigenvalue weighted by atomic mass is 10.0. The number of benzene rings is 2. The molecule has 2 aromatic carbocycles. The number of hydrogen-bond acceptors (Lipinski definition) is 1. The average Bonchev–Trinajstić information content (AvgIpc) is 2.98. The number of nitrogens with zero attached hydrogens (tertiary/aromatic N) is 1. The molecular formula is C20H23NO. The van der Waals surface area contributed by atoms with Gasteiger partial charge in [-0.1, -0.05) is 42.5 Å². The van der Waals surface area contributed by atoms with Gasteiger partial charge < -0.3 is 4.90 Å². The number of rotatable bonds is 3. The maximum Gasteiger partial charge on any atom is 0.254 e.